The Kier molecular flexibility index (Phi) is 12.0. The average molecular weight is 374 g/mol. The predicted octanol–water partition coefficient (Wildman–Crippen LogP) is 0.977. The Balaban J connectivity index is 4.97. The Morgan fingerprint density at radius 3 is 1.77 bits per heavy atom. The van der Waals surface area contributed by atoms with Gasteiger partial charge in [-0.25, -0.2) is 0 Å². The Labute approximate surface area is 153 Å². The summed E-state index contributed by atoms with van der Waals surface area (Å²) in [6, 6.07) is 0. The van der Waals surface area contributed by atoms with Crippen molar-refractivity contribution >= 4 is 23.8 Å². The standard InChI is InChI=1S/C17H30N2O7/c1-3-5-6-7-13(4-2)17(26)19(12-16(24)25)9-8-18(10-14(20)21)11-15(22)23/h13H,3-12H2,1-2H3,(H,20,21)(H,22,23)(H,24,25). The Morgan fingerprint density at radius 1 is 0.808 bits per heavy atom. The van der Waals surface area contributed by atoms with E-state index in [0.717, 1.165) is 24.2 Å². The number of rotatable bonds is 15. The van der Waals surface area contributed by atoms with Gasteiger partial charge in [0.1, 0.15) is 6.54 Å². The SMILES string of the molecule is CCCCCC(CC)C(=O)N(CCN(CC(=O)O)CC(=O)O)CC(=O)O. The lowest BCUT2D eigenvalue weighted by atomic mass is 9.97. The van der Waals surface area contributed by atoms with Crippen LogP contribution in [0.15, 0.2) is 0 Å². The smallest absolute Gasteiger partial charge is 0.323 e. The normalized spacial score (nSPS) is 12.0. The first kappa shape index (κ1) is 23.8. The van der Waals surface area contributed by atoms with E-state index in [1.165, 1.54) is 4.90 Å². The van der Waals surface area contributed by atoms with Gasteiger partial charge in [0.05, 0.1) is 13.1 Å². The van der Waals surface area contributed by atoms with Gasteiger partial charge in [0.15, 0.2) is 0 Å². The molecule has 0 saturated carbocycles. The van der Waals surface area contributed by atoms with E-state index in [4.69, 9.17) is 15.3 Å². The number of hydrogen-bond donors (Lipinski definition) is 3. The van der Waals surface area contributed by atoms with Crippen LogP contribution in [0.2, 0.25) is 0 Å². The van der Waals surface area contributed by atoms with E-state index in [9.17, 15) is 19.2 Å². The molecule has 0 radical (unpaired) electrons. The number of carbonyl (C=O) groups excluding carboxylic acids is 1. The van der Waals surface area contributed by atoms with Gasteiger partial charge in [-0.3, -0.25) is 24.1 Å². The van der Waals surface area contributed by atoms with Crippen molar-refractivity contribution in [2.24, 2.45) is 5.92 Å². The van der Waals surface area contributed by atoms with Crippen LogP contribution in [0.25, 0.3) is 0 Å². The van der Waals surface area contributed by atoms with E-state index in [1.54, 1.807) is 0 Å². The van der Waals surface area contributed by atoms with E-state index in [1.807, 2.05) is 6.92 Å². The molecule has 1 atom stereocenters. The third kappa shape index (κ3) is 10.7. The Bertz CT molecular complexity index is 466. The maximum atomic E-state index is 12.7. The van der Waals surface area contributed by atoms with Crippen LogP contribution in [-0.2, 0) is 19.2 Å². The molecule has 0 saturated heterocycles. The van der Waals surface area contributed by atoms with Crippen molar-refractivity contribution in [2.75, 3.05) is 32.7 Å². The number of carboxylic acids is 3. The molecule has 0 aromatic rings. The summed E-state index contributed by atoms with van der Waals surface area (Å²) in [6.07, 6.45) is 4.15. The monoisotopic (exact) mass is 374 g/mol. The van der Waals surface area contributed by atoms with Gasteiger partial charge in [-0.1, -0.05) is 33.1 Å². The van der Waals surface area contributed by atoms with Crippen molar-refractivity contribution in [3.8, 4) is 0 Å². The summed E-state index contributed by atoms with van der Waals surface area (Å²) in [5.74, 6) is -4.10. The number of unbranched alkanes of at least 4 members (excludes halogenated alkanes) is 2. The van der Waals surface area contributed by atoms with Gasteiger partial charge < -0.3 is 20.2 Å². The zero-order valence-electron chi connectivity index (χ0n) is 15.5. The van der Waals surface area contributed by atoms with Crippen LogP contribution in [0.1, 0.15) is 46.0 Å². The van der Waals surface area contributed by atoms with Gasteiger partial charge in [0.25, 0.3) is 0 Å². The Hall–Kier alpha value is -2.16. The first-order chi connectivity index (χ1) is 12.2. The summed E-state index contributed by atoms with van der Waals surface area (Å²) in [7, 11) is 0. The van der Waals surface area contributed by atoms with Crippen molar-refractivity contribution in [1.82, 2.24) is 9.80 Å². The molecule has 1 amide bonds. The first-order valence-electron chi connectivity index (χ1n) is 8.87. The molecule has 1 unspecified atom stereocenters. The summed E-state index contributed by atoms with van der Waals surface area (Å²) >= 11 is 0. The van der Waals surface area contributed by atoms with Crippen molar-refractivity contribution in [3.63, 3.8) is 0 Å². The summed E-state index contributed by atoms with van der Waals surface area (Å²) in [5, 5.41) is 26.8. The fraction of sp³-hybridized carbons (Fsp3) is 0.765. The molecular formula is C17H30N2O7. The lowest BCUT2D eigenvalue weighted by Crippen LogP contribution is -2.45. The van der Waals surface area contributed by atoms with Crippen molar-refractivity contribution in [2.45, 2.75) is 46.0 Å². The van der Waals surface area contributed by atoms with Crippen LogP contribution < -0.4 is 0 Å². The van der Waals surface area contributed by atoms with Crippen molar-refractivity contribution < 1.29 is 34.5 Å². The second-order valence-corrected chi connectivity index (χ2v) is 6.25. The second kappa shape index (κ2) is 13.1. The fourth-order valence-electron chi connectivity index (χ4n) is 2.69. The van der Waals surface area contributed by atoms with Crippen molar-refractivity contribution in [1.29, 1.82) is 0 Å². The van der Waals surface area contributed by atoms with Gasteiger partial charge in [-0.2, -0.15) is 0 Å². The van der Waals surface area contributed by atoms with Gasteiger partial charge in [0, 0.05) is 19.0 Å². The summed E-state index contributed by atoms with van der Waals surface area (Å²) < 4.78 is 0. The number of nitrogens with zero attached hydrogens (tertiary/aromatic N) is 2. The van der Waals surface area contributed by atoms with Crippen LogP contribution in [0.5, 0.6) is 0 Å². The molecule has 150 valence electrons. The topological polar surface area (TPSA) is 135 Å². The van der Waals surface area contributed by atoms with Crippen LogP contribution in [0.3, 0.4) is 0 Å². The molecule has 0 aliphatic heterocycles. The lowest BCUT2D eigenvalue weighted by Gasteiger charge is -2.28. The fourth-order valence-corrected chi connectivity index (χ4v) is 2.69. The van der Waals surface area contributed by atoms with Crippen LogP contribution in [0, 0.1) is 5.92 Å². The minimum atomic E-state index is -1.19. The van der Waals surface area contributed by atoms with E-state index in [2.05, 4.69) is 6.92 Å². The highest BCUT2D eigenvalue weighted by Gasteiger charge is 2.25. The largest absolute Gasteiger partial charge is 0.480 e. The molecule has 0 rings (SSSR count). The third-order valence-corrected chi connectivity index (χ3v) is 4.04. The average Bonchev–Trinajstić information content (AvgIpc) is 2.53. The molecule has 0 spiro atoms. The van der Waals surface area contributed by atoms with E-state index in [-0.39, 0.29) is 24.9 Å². The summed E-state index contributed by atoms with van der Waals surface area (Å²) in [6.45, 7) is 2.40. The summed E-state index contributed by atoms with van der Waals surface area (Å²) in [4.78, 5) is 47.8. The number of carboxylic acid groups (broad SMARTS) is 3. The molecular weight excluding hydrogens is 344 g/mol. The number of carbonyl (C=O) groups is 4. The quantitative estimate of drug-likeness (QED) is 0.361. The maximum absolute atomic E-state index is 12.7. The second-order valence-electron chi connectivity index (χ2n) is 6.25. The van der Waals surface area contributed by atoms with Gasteiger partial charge in [-0.05, 0) is 12.8 Å². The molecule has 0 bridgehead atoms. The number of aliphatic carboxylic acids is 3. The van der Waals surface area contributed by atoms with Gasteiger partial charge >= 0.3 is 17.9 Å². The molecule has 0 heterocycles. The third-order valence-electron chi connectivity index (χ3n) is 4.04. The van der Waals surface area contributed by atoms with Crippen molar-refractivity contribution in [3.05, 3.63) is 0 Å². The molecule has 9 nitrogen and oxygen atoms in total. The number of hydrogen-bond acceptors (Lipinski definition) is 5. The lowest BCUT2D eigenvalue weighted by molar-refractivity contribution is -0.147. The molecule has 0 aromatic carbocycles. The molecule has 0 fully saturated rings. The first-order valence-corrected chi connectivity index (χ1v) is 8.87. The number of amides is 1. The predicted molar refractivity (Wildman–Crippen MR) is 93.9 cm³/mol. The van der Waals surface area contributed by atoms with E-state index in [0.29, 0.717) is 12.8 Å². The van der Waals surface area contributed by atoms with E-state index >= 15 is 0 Å². The zero-order valence-corrected chi connectivity index (χ0v) is 15.5. The minimum Gasteiger partial charge on any atom is -0.480 e. The summed E-state index contributed by atoms with van der Waals surface area (Å²) in [5.41, 5.74) is 0. The van der Waals surface area contributed by atoms with Crippen LogP contribution >= 0.6 is 0 Å². The highest BCUT2D eigenvalue weighted by Crippen LogP contribution is 2.17. The Morgan fingerprint density at radius 2 is 1.35 bits per heavy atom. The highest BCUT2D eigenvalue weighted by atomic mass is 16.4. The molecule has 3 N–H and O–H groups in total. The maximum Gasteiger partial charge on any atom is 0.323 e. The molecule has 26 heavy (non-hydrogen) atoms. The van der Waals surface area contributed by atoms with Crippen LogP contribution in [-0.4, -0.2) is 81.7 Å². The molecule has 0 aliphatic rings. The van der Waals surface area contributed by atoms with Crippen LogP contribution in [0.4, 0.5) is 0 Å². The van der Waals surface area contributed by atoms with Gasteiger partial charge in [-0.15, -0.1) is 0 Å². The zero-order chi connectivity index (χ0) is 20.1. The van der Waals surface area contributed by atoms with E-state index < -0.39 is 37.5 Å². The molecule has 0 aromatic heterocycles. The minimum absolute atomic E-state index is 0.0248. The van der Waals surface area contributed by atoms with Gasteiger partial charge in [0.2, 0.25) is 5.91 Å². The molecule has 0 aliphatic carbocycles. The molecule has 9 heteroatoms. The highest BCUT2D eigenvalue weighted by molar-refractivity contribution is 5.83.